The molecule has 1 aliphatic rings. The van der Waals surface area contributed by atoms with Crippen molar-refractivity contribution >= 4 is 40.7 Å². The maximum atomic E-state index is 11.7. The number of rotatable bonds is 4. The summed E-state index contributed by atoms with van der Waals surface area (Å²) in [5.41, 5.74) is 2.13. The van der Waals surface area contributed by atoms with E-state index in [1.54, 1.807) is 30.3 Å². The molecule has 0 aliphatic carbocycles. The molecule has 5 nitrogen and oxygen atoms in total. The number of esters is 1. The number of hydrogen-bond acceptors (Lipinski definition) is 4. The molecule has 7 heteroatoms. The lowest BCUT2D eigenvalue weighted by atomic mass is 10.1. The van der Waals surface area contributed by atoms with E-state index in [0.29, 0.717) is 21.3 Å². The lowest BCUT2D eigenvalue weighted by Gasteiger charge is -2.36. The van der Waals surface area contributed by atoms with Gasteiger partial charge in [0.15, 0.2) is 0 Å². The summed E-state index contributed by atoms with van der Waals surface area (Å²) in [4.78, 5) is 21.3. The molecule has 2 aromatic carbocycles. The molecule has 148 valence electrons. The lowest BCUT2D eigenvalue weighted by Crippen LogP contribution is -2.48. The number of carbonyl (C=O) groups excluding carboxylic acids is 1. The van der Waals surface area contributed by atoms with Crippen LogP contribution in [0.25, 0.3) is 0 Å². The fraction of sp³-hybridized carbons (Fsp3) is 0.333. The van der Waals surface area contributed by atoms with Crippen LogP contribution in [0.2, 0.25) is 10.0 Å². The first-order chi connectivity index (χ1) is 13.5. The molecule has 1 heterocycles. The second-order valence-electron chi connectivity index (χ2n) is 6.55. The average Bonchev–Trinajstić information content (AvgIpc) is 2.71. The van der Waals surface area contributed by atoms with Crippen LogP contribution in [0.1, 0.15) is 22.8 Å². The van der Waals surface area contributed by atoms with Gasteiger partial charge in [-0.2, -0.15) is 0 Å². The van der Waals surface area contributed by atoms with Crippen molar-refractivity contribution in [2.45, 2.75) is 6.92 Å². The molecular formula is C21H23Cl2N3O2. The number of methoxy groups -OCH3 is 1. The van der Waals surface area contributed by atoms with Gasteiger partial charge in [0, 0.05) is 41.8 Å². The summed E-state index contributed by atoms with van der Waals surface area (Å²) in [7, 11) is 1.37. The Morgan fingerprint density at radius 3 is 2.11 bits per heavy atom. The number of halogens is 2. The predicted molar refractivity (Wildman–Crippen MR) is 114 cm³/mol. The SMILES string of the molecule is CCN1CCN(C(=Nc2cc(Cl)cc(Cl)c2)c2ccc(C(=O)OC)cc2)CC1. The van der Waals surface area contributed by atoms with Crippen LogP contribution >= 0.6 is 23.2 Å². The molecule has 0 atom stereocenters. The van der Waals surface area contributed by atoms with E-state index < -0.39 is 0 Å². The van der Waals surface area contributed by atoms with Gasteiger partial charge in [-0.25, -0.2) is 9.79 Å². The molecule has 0 amide bonds. The van der Waals surface area contributed by atoms with Gasteiger partial charge in [0.1, 0.15) is 5.84 Å². The normalized spacial score (nSPS) is 15.6. The number of likely N-dealkylation sites (N-methyl/N-ethyl adjacent to an activating group) is 1. The van der Waals surface area contributed by atoms with Crippen LogP contribution in [-0.4, -0.2) is 61.4 Å². The molecule has 0 saturated carbocycles. The Morgan fingerprint density at radius 2 is 1.57 bits per heavy atom. The Morgan fingerprint density at radius 1 is 1.00 bits per heavy atom. The first-order valence-corrected chi connectivity index (χ1v) is 9.96. The molecule has 1 fully saturated rings. The molecule has 3 rings (SSSR count). The summed E-state index contributed by atoms with van der Waals surface area (Å²) in [6.45, 7) is 6.92. The number of amidine groups is 1. The third-order valence-corrected chi connectivity index (χ3v) is 5.20. The second-order valence-corrected chi connectivity index (χ2v) is 7.43. The summed E-state index contributed by atoms with van der Waals surface area (Å²) in [6, 6.07) is 12.6. The summed E-state index contributed by atoms with van der Waals surface area (Å²) < 4.78 is 4.78. The van der Waals surface area contributed by atoms with Gasteiger partial charge in [-0.1, -0.05) is 42.3 Å². The van der Waals surface area contributed by atoms with Crippen molar-refractivity contribution in [2.24, 2.45) is 4.99 Å². The molecular weight excluding hydrogens is 397 g/mol. The Hall–Kier alpha value is -2.08. The van der Waals surface area contributed by atoms with Gasteiger partial charge in [0.05, 0.1) is 18.4 Å². The van der Waals surface area contributed by atoms with E-state index in [-0.39, 0.29) is 5.97 Å². The highest BCUT2D eigenvalue weighted by molar-refractivity contribution is 6.35. The molecule has 1 aliphatic heterocycles. The second kappa shape index (κ2) is 9.41. The van der Waals surface area contributed by atoms with E-state index in [0.717, 1.165) is 44.1 Å². The van der Waals surface area contributed by atoms with E-state index in [1.165, 1.54) is 7.11 Å². The molecule has 2 aromatic rings. The first-order valence-electron chi connectivity index (χ1n) is 9.21. The summed E-state index contributed by atoms with van der Waals surface area (Å²) >= 11 is 12.3. The minimum absolute atomic E-state index is 0.358. The fourth-order valence-corrected chi connectivity index (χ4v) is 3.71. The van der Waals surface area contributed by atoms with Gasteiger partial charge < -0.3 is 14.5 Å². The van der Waals surface area contributed by atoms with Gasteiger partial charge in [-0.3, -0.25) is 0 Å². The van der Waals surface area contributed by atoms with Gasteiger partial charge in [0.25, 0.3) is 0 Å². The standard InChI is InChI=1S/C21H23Cl2N3O2/c1-3-25-8-10-26(11-9-25)20(24-19-13-17(22)12-18(23)14-19)15-4-6-16(7-5-15)21(27)28-2/h4-7,12-14H,3,8-11H2,1-2H3. The lowest BCUT2D eigenvalue weighted by molar-refractivity contribution is 0.0600. The third kappa shape index (κ3) is 5.04. The van der Waals surface area contributed by atoms with Crippen molar-refractivity contribution in [3.05, 3.63) is 63.6 Å². The zero-order valence-electron chi connectivity index (χ0n) is 16.0. The number of hydrogen-bond donors (Lipinski definition) is 0. The van der Waals surface area contributed by atoms with Crippen LogP contribution in [0.5, 0.6) is 0 Å². The molecule has 0 aromatic heterocycles. The molecule has 0 spiro atoms. The van der Waals surface area contributed by atoms with Crippen molar-refractivity contribution in [3.63, 3.8) is 0 Å². The van der Waals surface area contributed by atoms with Gasteiger partial charge in [-0.05, 0) is 36.9 Å². The van der Waals surface area contributed by atoms with Gasteiger partial charge >= 0.3 is 5.97 Å². The number of carbonyl (C=O) groups is 1. The third-order valence-electron chi connectivity index (χ3n) is 4.77. The smallest absolute Gasteiger partial charge is 0.337 e. The Labute approximate surface area is 175 Å². The zero-order valence-corrected chi connectivity index (χ0v) is 17.5. The van der Waals surface area contributed by atoms with Crippen LogP contribution < -0.4 is 0 Å². The van der Waals surface area contributed by atoms with Crippen molar-refractivity contribution in [1.82, 2.24) is 9.80 Å². The van der Waals surface area contributed by atoms with E-state index in [1.807, 2.05) is 12.1 Å². The summed E-state index contributed by atoms with van der Waals surface area (Å²) in [5.74, 6) is 0.480. The minimum atomic E-state index is -0.358. The maximum Gasteiger partial charge on any atom is 0.337 e. The number of ether oxygens (including phenoxy) is 1. The highest BCUT2D eigenvalue weighted by Crippen LogP contribution is 2.26. The Balaban J connectivity index is 1.97. The monoisotopic (exact) mass is 419 g/mol. The van der Waals surface area contributed by atoms with Crippen molar-refractivity contribution in [2.75, 3.05) is 39.8 Å². The van der Waals surface area contributed by atoms with E-state index in [4.69, 9.17) is 32.9 Å². The van der Waals surface area contributed by atoms with Crippen LogP contribution in [-0.2, 0) is 4.74 Å². The predicted octanol–water partition coefficient (Wildman–Crippen LogP) is 4.50. The maximum absolute atomic E-state index is 11.7. The van der Waals surface area contributed by atoms with E-state index >= 15 is 0 Å². The minimum Gasteiger partial charge on any atom is -0.465 e. The van der Waals surface area contributed by atoms with Crippen LogP contribution in [0.4, 0.5) is 5.69 Å². The van der Waals surface area contributed by atoms with Crippen LogP contribution in [0.15, 0.2) is 47.5 Å². The topological polar surface area (TPSA) is 45.1 Å². The van der Waals surface area contributed by atoms with Crippen molar-refractivity contribution in [1.29, 1.82) is 0 Å². The molecule has 0 radical (unpaired) electrons. The molecule has 1 saturated heterocycles. The summed E-state index contributed by atoms with van der Waals surface area (Å²) in [5, 5.41) is 1.09. The molecule has 28 heavy (non-hydrogen) atoms. The average molecular weight is 420 g/mol. The van der Waals surface area contributed by atoms with Crippen molar-refractivity contribution in [3.8, 4) is 0 Å². The van der Waals surface area contributed by atoms with E-state index in [2.05, 4.69) is 16.7 Å². The van der Waals surface area contributed by atoms with Gasteiger partial charge in [0.2, 0.25) is 0 Å². The van der Waals surface area contributed by atoms with Gasteiger partial charge in [-0.15, -0.1) is 0 Å². The zero-order chi connectivity index (χ0) is 20.1. The van der Waals surface area contributed by atoms with Crippen LogP contribution in [0, 0.1) is 0 Å². The van der Waals surface area contributed by atoms with Crippen LogP contribution in [0.3, 0.4) is 0 Å². The number of nitrogens with zero attached hydrogens (tertiary/aromatic N) is 3. The summed E-state index contributed by atoms with van der Waals surface area (Å²) in [6.07, 6.45) is 0. The van der Waals surface area contributed by atoms with Crippen molar-refractivity contribution < 1.29 is 9.53 Å². The number of aliphatic imine (C=N–C) groups is 1. The molecule has 0 N–H and O–H groups in total. The highest BCUT2D eigenvalue weighted by Gasteiger charge is 2.20. The highest BCUT2D eigenvalue weighted by atomic mass is 35.5. The molecule has 0 unspecified atom stereocenters. The Kier molecular flexibility index (Phi) is 6.94. The molecule has 0 bridgehead atoms. The number of piperazine rings is 1. The Bertz CT molecular complexity index is 840. The fourth-order valence-electron chi connectivity index (χ4n) is 3.19. The largest absolute Gasteiger partial charge is 0.465 e. The van der Waals surface area contributed by atoms with E-state index in [9.17, 15) is 4.79 Å². The first kappa shape index (κ1) is 20.6. The quantitative estimate of drug-likeness (QED) is 0.415. The number of benzene rings is 2.